The minimum absolute atomic E-state index is 0.0536. The zero-order valence-electron chi connectivity index (χ0n) is 17.9. The summed E-state index contributed by atoms with van der Waals surface area (Å²) >= 11 is 0. The van der Waals surface area contributed by atoms with Crippen molar-refractivity contribution in [2.24, 2.45) is 13.0 Å². The number of carbonyl (C=O) groups is 2. The number of nitrogens with one attached hydrogen (secondary N) is 1. The molecule has 12 heteroatoms. The van der Waals surface area contributed by atoms with Gasteiger partial charge in [-0.25, -0.2) is 4.79 Å². The molecule has 3 aliphatic rings. The standard InChI is InChI=1S/C18H28N4O3.C2HF3O2/c1-21-11-14(9-19-21)18(23)20-15-12-22(10-13-4-7-24-8-5-13)16-3-2-6-25-17(15)16;3-2(4,5)1(6)7/h9,11,13,15-17H,2-8,10,12H2,1H3,(H,20,23);(H,6,7)/t15-,16-,17-;/m1./s1. The maximum atomic E-state index is 12.5. The van der Waals surface area contributed by atoms with Gasteiger partial charge in [-0.05, 0) is 31.6 Å². The van der Waals surface area contributed by atoms with Gasteiger partial charge < -0.3 is 19.9 Å². The molecule has 3 atom stereocenters. The lowest BCUT2D eigenvalue weighted by atomic mass is 9.97. The van der Waals surface area contributed by atoms with E-state index in [9.17, 15) is 18.0 Å². The third kappa shape index (κ3) is 6.42. The highest BCUT2D eigenvalue weighted by molar-refractivity contribution is 5.94. The van der Waals surface area contributed by atoms with Gasteiger partial charge in [0.2, 0.25) is 0 Å². The van der Waals surface area contributed by atoms with Crippen LogP contribution in [-0.2, 0) is 21.3 Å². The van der Waals surface area contributed by atoms with Crippen LogP contribution >= 0.6 is 0 Å². The molecule has 0 aromatic carbocycles. The number of aromatic nitrogens is 2. The number of ether oxygens (including phenoxy) is 2. The van der Waals surface area contributed by atoms with Crippen molar-refractivity contribution < 1.29 is 37.3 Å². The van der Waals surface area contributed by atoms with Crippen LogP contribution in [0.1, 0.15) is 36.0 Å². The number of fused-ring (bicyclic) bond motifs is 1. The fourth-order valence-corrected chi connectivity index (χ4v) is 4.44. The lowest BCUT2D eigenvalue weighted by Crippen LogP contribution is -2.47. The number of hydrogen-bond acceptors (Lipinski definition) is 6. The van der Waals surface area contributed by atoms with Gasteiger partial charge in [-0.15, -0.1) is 0 Å². The zero-order valence-corrected chi connectivity index (χ0v) is 17.9. The molecule has 9 nitrogen and oxygen atoms in total. The van der Waals surface area contributed by atoms with Crippen LogP contribution in [0.25, 0.3) is 0 Å². The molecule has 3 fully saturated rings. The molecule has 0 saturated carbocycles. The van der Waals surface area contributed by atoms with Crippen LogP contribution in [-0.4, -0.2) is 88.9 Å². The summed E-state index contributed by atoms with van der Waals surface area (Å²) in [6, 6.07) is 0.480. The zero-order chi connectivity index (χ0) is 23.3. The first-order valence-electron chi connectivity index (χ1n) is 10.7. The molecule has 3 saturated heterocycles. The van der Waals surface area contributed by atoms with Crippen molar-refractivity contribution in [2.45, 2.75) is 50.0 Å². The van der Waals surface area contributed by atoms with Gasteiger partial charge >= 0.3 is 12.1 Å². The first-order valence-corrected chi connectivity index (χ1v) is 10.7. The Hall–Kier alpha value is -2.18. The monoisotopic (exact) mass is 462 g/mol. The van der Waals surface area contributed by atoms with Gasteiger partial charge in [0.1, 0.15) is 0 Å². The molecular weight excluding hydrogens is 433 g/mol. The van der Waals surface area contributed by atoms with Gasteiger partial charge in [0.25, 0.3) is 5.91 Å². The first kappa shape index (κ1) is 24.5. The number of aliphatic carboxylic acids is 1. The van der Waals surface area contributed by atoms with Crippen LogP contribution in [0.2, 0.25) is 0 Å². The Balaban J connectivity index is 0.000000360. The minimum atomic E-state index is -5.08. The lowest BCUT2D eigenvalue weighted by molar-refractivity contribution is -0.192. The number of halogens is 3. The molecule has 1 aromatic heterocycles. The van der Waals surface area contributed by atoms with Crippen LogP contribution in [0.5, 0.6) is 0 Å². The molecule has 4 rings (SSSR count). The van der Waals surface area contributed by atoms with Crippen LogP contribution in [0.3, 0.4) is 0 Å². The van der Waals surface area contributed by atoms with Crippen LogP contribution in [0.15, 0.2) is 12.4 Å². The normalized spacial score (nSPS) is 26.7. The predicted octanol–water partition coefficient (Wildman–Crippen LogP) is 1.44. The molecule has 0 aliphatic carbocycles. The average Bonchev–Trinajstić information content (AvgIpc) is 3.33. The smallest absolute Gasteiger partial charge is 0.475 e. The first-order chi connectivity index (χ1) is 15.1. The molecule has 2 N–H and O–H groups in total. The highest BCUT2D eigenvalue weighted by Gasteiger charge is 2.45. The van der Waals surface area contributed by atoms with Gasteiger partial charge in [0.15, 0.2) is 0 Å². The van der Waals surface area contributed by atoms with E-state index in [1.807, 2.05) is 7.05 Å². The summed E-state index contributed by atoms with van der Waals surface area (Å²) in [4.78, 5) is 24.0. The van der Waals surface area contributed by atoms with E-state index < -0.39 is 12.1 Å². The van der Waals surface area contributed by atoms with E-state index in [2.05, 4.69) is 15.3 Å². The number of carboxylic acids is 1. The number of carboxylic acid groups (broad SMARTS) is 1. The Labute approximate surface area is 183 Å². The number of amides is 1. The minimum Gasteiger partial charge on any atom is -0.475 e. The molecule has 0 unspecified atom stereocenters. The third-order valence-electron chi connectivity index (χ3n) is 5.99. The van der Waals surface area contributed by atoms with Gasteiger partial charge in [0.05, 0.1) is 23.9 Å². The molecule has 3 aliphatic heterocycles. The fraction of sp³-hybridized carbons (Fsp3) is 0.750. The van der Waals surface area contributed by atoms with Crippen molar-refractivity contribution in [3.63, 3.8) is 0 Å². The van der Waals surface area contributed by atoms with Crippen molar-refractivity contribution >= 4 is 11.9 Å². The number of rotatable bonds is 4. The number of nitrogens with zero attached hydrogens (tertiary/aromatic N) is 3. The van der Waals surface area contributed by atoms with E-state index in [4.69, 9.17) is 19.4 Å². The third-order valence-corrected chi connectivity index (χ3v) is 5.99. The Bertz CT molecular complexity index is 782. The van der Waals surface area contributed by atoms with Crippen LogP contribution in [0.4, 0.5) is 13.2 Å². The highest BCUT2D eigenvalue weighted by atomic mass is 19.4. The molecular formula is C20H29F3N4O5. The summed E-state index contributed by atoms with van der Waals surface area (Å²) in [6.07, 6.45) is 2.94. The SMILES string of the molecule is Cn1cc(C(=O)N[C@@H]2CN(CC3CCOCC3)[C@@H]3CCCO[C@@H]32)cn1.O=C(O)C(F)(F)F. The summed E-state index contributed by atoms with van der Waals surface area (Å²) < 4.78 is 45.0. The Morgan fingerprint density at radius 2 is 1.94 bits per heavy atom. The number of hydrogen-bond donors (Lipinski definition) is 2. The molecule has 4 heterocycles. The van der Waals surface area contributed by atoms with E-state index >= 15 is 0 Å². The Morgan fingerprint density at radius 3 is 2.53 bits per heavy atom. The molecule has 180 valence electrons. The number of likely N-dealkylation sites (tertiary alicyclic amines) is 1. The molecule has 32 heavy (non-hydrogen) atoms. The second-order valence-electron chi connectivity index (χ2n) is 8.34. The van der Waals surface area contributed by atoms with E-state index in [0.29, 0.717) is 17.5 Å². The van der Waals surface area contributed by atoms with Crippen molar-refractivity contribution in [2.75, 3.05) is 32.9 Å². The number of alkyl halides is 3. The largest absolute Gasteiger partial charge is 0.490 e. The van der Waals surface area contributed by atoms with Gasteiger partial charge in [-0.3, -0.25) is 14.4 Å². The second kappa shape index (κ2) is 10.6. The Kier molecular flexibility index (Phi) is 8.12. The topological polar surface area (TPSA) is 106 Å². The number of carbonyl (C=O) groups excluding carboxylic acids is 1. The van der Waals surface area contributed by atoms with E-state index in [0.717, 1.165) is 58.6 Å². The second-order valence-corrected chi connectivity index (χ2v) is 8.34. The van der Waals surface area contributed by atoms with Crippen LogP contribution < -0.4 is 5.32 Å². The maximum Gasteiger partial charge on any atom is 0.490 e. The van der Waals surface area contributed by atoms with E-state index in [-0.39, 0.29) is 18.1 Å². The average molecular weight is 462 g/mol. The molecule has 0 radical (unpaired) electrons. The predicted molar refractivity (Wildman–Crippen MR) is 106 cm³/mol. The summed E-state index contributed by atoms with van der Waals surface area (Å²) in [5, 5.41) is 14.4. The van der Waals surface area contributed by atoms with E-state index in [1.54, 1.807) is 17.1 Å². The highest BCUT2D eigenvalue weighted by Crippen LogP contribution is 2.31. The van der Waals surface area contributed by atoms with Crippen molar-refractivity contribution in [3.05, 3.63) is 18.0 Å². The van der Waals surface area contributed by atoms with Crippen molar-refractivity contribution in [1.29, 1.82) is 0 Å². The Morgan fingerprint density at radius 1 is 1.25 bits per heavy atom. The van der Waals surface area contributed by atoms with Crippen molar-refractivity contribution in [1.82, 2.24) is 20.0 Å². The fourth-order valence-electron chi connectivity index (χ4n) is 4.44. The molecule has 0 spiro atoms. The maximum absolute atomic E-state index is 12.5. The molecule has 0 bridgehead atoms. The summed E-state index contributed by atoms with van der Waals surface area (Å²) in [5.74, 6) is -2.12. The van der Waals surface area contributed by atoms with Crippen LogP contribution in [0, 0.1) is 5.92 Å². The lowest BCUT2D eigenvalue weighted by Gasteiger charge is -2.34. The van der Waals surface area contributed by atoms with Crippen molar-refractivity contribution in [3.8, 4) is 0 Å². The molecule has 1 amide bonds. The summed E-state index contributed by atoms with van der Waals surface area (Å²) in [7, 11) is 1.82. The number of aryl methyl sites for hydroxylation is 1. The van der Waals surface area contributed by atoms with Gasteiger partial charge in [0, 0.05) is 52.2 Å². The summed E-state index contributed by atoms with van der Waals surface area (Å²) in [5.41, 5.74) is 0.609. The summed E-state index contributed by atoms with van der Waals surface area (Å²) in [6.45, 7) is 4.52. The van der Waals surface area contributed by atoms with Gasteiger partial charge in [-0.1, -0.05) is 0 Å². The molecule has 1 aromatic rings. The van der Waals surface area contributed by atoms with E-state index in [1.165, 1.54) is 0 Å². The quantitative estimate of drug-likeness (QED) is 0.698. The van der Waals surface area contributed by atoms with Gasteiger partial charge in [-0.2, -0.15) is 18.3 Å².